The average Bonchev–Trinajstić information content (AvgIpc) is 2.75. The fraction of sp³-hybridized carbons (Fsp3) is 0. The van der Waals surface area contributed by atoms with E-state index < -0.39 is 0 Å². The minimum Gasteiger partial charge on any atom is -0.299 e. The predicted molar refractivity (Wildman–Crippen MR) is 78.3 cm³/mol. The van der Waals surface area contributed by atoms with E-state index in [0.717, 1.165) is 21.4 Å². The van der Waals surface area contributed by atoms with E-state index in [1.807, 2.05) is 41.1 Å². The standard InChI is InChI=1S/C13H7BrCl2N2/c14-9-2-3-10-6-17-13(18(10)7-9)8-1-4-11(15)12(16)5-8/h1-7H. The normalized spacial score (nSPS) is 11.1. The monoisotopic (exact) mass is 340 g/mol. The summed E-state index contributed by atoms with van der Waals surface area (Å²) in [5.74, 6) is 0.838. The first-order valence-electron chi connectivity index (χ1n) is 5.23. The van der Waals surface area contributed by atoms with Crippen molar-refractivity contribution in [1.82, 2.24) is 9.38 Å². The van der Waals surface area contributed by atoms with Crippen molar-refractivity contribution >= 4 is 44.6 Å². The first-order valence-corrected chi connectivity index (χ1v) is 6.78. The molecule has 0 unspecified atom stereocenters. The van der Waals surface area contributed by atoms with Gasteiger partial charge in [0.25, 0.3) is 0 Å². The molecule has 0 aliphatic heterocycles. The molecule has 3 rings (SSSR count). The van der Waals surface area contributed by atoms with Gasteiger partial charge in [0.15, 0.2) is 0 Å². The van der Waals surface area contributed by atoms with Crippen molar-refractivity contribution in [3.05, 3.63) is 57.2 Å². The van der Waals surface area contributed by atoms with Gasteiger partial charge >= 0.3 is 0 Å². The number of imidazole rings is 1. The molecule has 0 saturated carbocycles. The van der Waals surface area contributed by atoms with Gasteiger partial charge in [0.1, 0.15) is 5.82 Å². The van der Waals surface area contributed by atoms with Crippen LogP contribution in [0.5, 0.6) is 0 Å². The SMILES string of the molecule is Clc1ccc(-c2ncc3ccc(Br)cn23)cc1Cl. The Bertz CT molecular complexity index is 737. The molecule has 0 bridgehead atoms. The Morgan fingerprint density at radius 1 is 1.06 bits per heavy atom. The van der Waals surface area contributed by atoms with Crippen LogP contribution in [0.2, 0.25) is 10.0 Å². The van der Waals surface area contributed by atoms with Crippen LogP contribution in [0.1, 0.15) is 0 Å². The van der Waals surface area contributed by atoms with Crippen molar-refractivity contribution in [2.45, 2.75) is 0 Å². The number of benzene rings is 1. The smallest absolute Gasteiger partial charge is 0.144 e. The zero-order chi connectivity index (χ0) is 12.7. The summed E-state index contributed by atoms with van der Waals surface area (Å²) in [6, 6.07) is 9.48. The molecule has 0 amide bonds. The minimum atomic E-state index is 0.529. The first kappa shape index (κ1) is 12.0. The zero-order valence-electron chi connectivity index (χ0n) is 9.07. The molecule has 5 heteroatoms. The van der Waals surface area contributed by atoms with Gasteiger partial charge in [0.05, 0.1) is 21.8 Å². The summed E-state index contributed by atoms with van der Waals surface area (Å²) in [5.41, 5.74) is 1.96. The second-order valence-electron chi connectivity index (χ2n) is 3.85. The number of pyridine rings is 1. The van der Waals surface area contributed by atoms with Crippen molar-refractivity contribution in [3.63, 3.8) is 0 Å². The lowest BCUT2D eigenvalue weighted by Gasteiger charge is -2.03. The second kappa shape index (κ2) is 4.57. The van der Waals surface area contributed by atoms with Gasteiger partial charge in [-0.25, -0.2) is 4.98 Å². The van der Waals surface area contributed by atoms with Crippen LogP contribution in [0.4, 0.5) is 0 Å². The van der Waals surface area contributed by atoms with Crippen LogP contribution in [-0.2, 0) is 0 Å². The lowest BCUT2D eigenvalue weighted by atomic mass is 10.2. The lowest BCUT2D eigenvalue weighted by molar-refractivity contribution is 1.15. The Labute approximate surface area is 122 Å². The molecule has 0 saturated heterocycles. The first-order chi connectivity index (χ1) is 8.65. The Morgan fingerprint density at radius 3 is 2.67 bits per heavy atom. The third kappa shape index (κ3) is 2.03. The highest BCUT2D eigenvalue weighted by molar-refractivity contribution is 9.10. The molecule has 1 aromatic carbocycles. The predicted octanol–water partition coefficient (Wildman–Crippen LogP) is 5.07. The van der Waals surface area contributed by atoms with Gasteiger partial charge in [0.2, 0.25) is 0 Å². The Morgan fingerprint density at radius 2 is 1.89 bits per heavy atom. The molecule has 0 atom stereocenters. The van der Waals surface area contributed by atoms with Gasteiger partial charge in [-0.15, -0.1) is 0 Å². The molecule has 0 spiro atoms. The van der Waals surface area contributed by atoms with E-state index in [4.69, 9.17) is 23.2 Å². The van der Waals surface area contributed by atoms with Crippen molar-refractivity contribution in [1.29, 1.82) is 0 Å². The Kier molecular flexibility index (Phi) is 3.06. The highest BCUT2D eigenvalue weighted by Gasteiger charge is 2.08. The van der Waals surface area contributed by atoms with Gasteiger partial charge in [-0.3, -0.25) is 4.40 Å². The number of aromatic nitrogens is 2. The van der Waals surface area contributed by atoms with Crippen molar-refractivity contribution in [3.8, 4) is 11.4 Å². The van der Waals surface area contributed by atoms with Crippen LogP contribution in [0.3, 0.4) is 0 Å². The van der Waals surface area contributed by atoms with Crippen LogP contribution >= 0.6 is 39.1 Å². The number of hydrogen-bond donors (Lipinski definition) is 0. The number of nitrogens with zero attached hydrogens (tertiary/aromatic N) is 2. The molecule has 0 N–H and O–H groups in total. The Hall–Kier alpha value is -1.03. The van der Waals surface area contributed by atoms with E-state index in [2.05, 4.69) is 20.9 Å². The largest absolute Gasteiger partial charge is 0.299 e. The third-order valence-corrected chi connectivity index (χ3v) is 3.88. The summed E-state index contributed by atoms with van der Waals surface area (Å²) in [4.78, 5) is 4.42. The minimum absolute atomic E-state index is 0.529. The molecule has 0 aliphatic carbocycles. The summed E-state index contributed by atoms with van der Waals surface area (Å²) >= 11 is 15.4. The second-order valence-corrected chi connectivity index (χ2v) is 5.58. The number of halogens is 3. The van der Waals surface area contributed by atoms with Crippen LogP contribution in [0.25, 0.3) is 16.9 Å². The molecule has 90 valence electrons. The molecule has 3 aromatic rings. The average molecular weight is 342 g/mol. The van der Waals surface area contributed by atoms with Gasteiger partial charge in [-0.1, -0.05) is 23.2 Å². The van der Waals surface area contributed by atoms with E-state index in [1.54, 1.807) is 6.07 Å². The summed E-state index contributed by atoms with van der Waals surface area (Å²) in [6.07, 6.45) is 3.80. The summed E-state index contributed by atoms with van der Waals surface area (Å²) in [5, 5.41) is 1.07. The van der Waals surface area contributed by atoms with E-state index in [-0.39, 0.29) is 0 Å². The molecule has 2 heterocycles. The highest BCUT2D eigenvalue weighted by Crippen LogP contribution is 2.28. The maximum absolute atomic E-state index is 6.03. The molecule has 0 radical (unpaired) electrons. The lowest BCUT2D eigenvalue weighted by Crippen LogP contribution is -1.89. The van der Waals surface area contributed by atoms with Crippen LogP contribution < -0.4 is 0 Å². The molecule has 2 aromatic heterocycles. The van der Waals surface area contributed by atoms with Crippen molar-refractivity contribution in [2.24, 2.45) is 0 Å². The third-order valence-electron chi connectivity index (χ3n) is 2.67. The van der Waals surface area contributed by atoms with Gasteiger partial charge in [-0.2, -0.15) is 0 Å². The Balaban J connectivity index is 2.24. The zero-order valence-corrected chi connectivity index (χ0v) is 12.2. The summed E-state index contributed by atoms with van der Waals surface area (Å²) in [6.45, 7) is 0. The molecule has 0 aliphatic rings. The van der Waals surface area contributed by atoms with Crippen molar-refractivity contribution < 1.29 is 0 Å². The van der Waals surface area contributed by atoms with E-state index in [9.17, 15) is 0 Å². The fourth-order valence-electron chi connectivity index (χ4n) is 1.81. The maximum Gasteiger partial charge on any atom is 0.144 e. The summed E-state index contributed by atoms with van der Waals surface area (Å²) < 4.78 is 3.00. The molecule has 18 heavy (non-hydrogen) atoms. The van der Waals surface area contributed by atoms with Crippen LogP contribution in [-0.4, -0.2) is 9.38 Å². The topological polar surface area (TPSA) is 17.3 Å². The summed E-state index contributed by atoms with van der Waals surface area (Å²) in [7, 11) is 0. The van der Waals surface area contributed by atoms with Gasteiger partial charge in [0, 0.05) is 16.2 Å². The number of rotatable bonds is 1. The number of fused-ring (bicyclic) bond motifs is 1. The van der Waals surface area contributed by atoms with E-state index >= 15 is 0 Å². The number of hydrogen-bond acceptors (Lipinski definition) is 1. The molecular formula is C13H7BrCl2N2. The fourth-order valence-corrected chi connectivity index (χ4v) is 2.45. The van der Waals surface area contributed by atoms with Gasteiger partial charge in [-0.05, 0) is 46.3 Å². The molecular weight excluding hydrogens is 335 g/mol. The van der Waals surface area contributed by atoms with Crippen LogP contribution in [0.15, 0.2) is 47.2 Å². The van der Waals surface area contributed by atoms with Gasteiger partial charge < -0.3 is 0 Å². The molecule has 2 nitrogen and oxygen atoms in total. The quantitative estimate of drug-likeness (QED) is 0.604. The molecule has 0 fully saturated rings. The van der Waals surface area contributed by atoms with E-state index in [0.29, 0.717) is 10.0 Å². The highest BCUT2D eigenvalue weighted by atomic mass is 79.9. The van der Waals surface area contributed by atoms with Crippen molar-refractivity contribution in [2.75, 3.05) is 0 Å². The maximum atomic E-state index is 6.03. The van der Waals surface area contributed by atoms with E-state index in [1.165, 1.54) is 0 Å². The van der Waals surface area contributed by atoms with Crippen LogP contribution in [0, 0.1) is 0 Å².